The number of aromatic nitrogens is 2. The van der Waals surface area contributed by atoms with Gasteiger partial charge in [-0.05, 0) is 24.7 Å². The molecular weight excluding hydrogens is 236 g/mol. The number of carbonyl (C=O) groups excluding carboxylic acids is 1. The molecule has 1 saturated heterocycles. The zero-order valence-electron chi connectivity index (χ0n) is 9.95. The van der Waals surface area contributed by atoms with Crippen LogP contribution in [0.25, 0.3) is 0 Å². The number of nitrogens with zero attached hydrogens (tertiary/aromatic N) is 3. The Morgan fingerprint density at radius 1 is 1.44 bits per heavy atom. The van der Waals surface area contributed by atoms with Crippen LogP contribution >= 0.6 is 0 Å². The van der Waals surface area contributed by atoms with Crippen LogP contribution in [0, 0.1) is 11.8 Å². The monoisotopic (exact) mass is 252 g/mol. The number of carbonyl (C=O) groups is 1. The number of rotatable bonds is 3. The first-order chi connectivity index (χ1) is 8.61. The van der Waals surface area contributed by atoms with Gasteiger partial charge >= 0.3 is 0 Å². The maximum Gasteiger partial charge on any atom is 0.290 e. The Hall–Kier alpha value is -1.47. The third-order valence-corrected chi connectivity index (χ3v) is 3.85. The van der Waals surface area contributed by atoms with Crippen LogP contribution in [0.1, 0.15) is 29.4 Å². The predicted molar refractivity (Wildman–Crippen MR) is 60.3 cm³/mol. The number of fused-ring (bicyclic) bond motifs is 1. The molecule has 98 valence electrons. The second kappa shape index (κ2) is 4.33. The van der Waals surface area contributed by atoms with Crippen molar-refractivity contribution in [1.29, 1.82) is 0 Å². The minimum atomic E-state index is -0.675. The van der Waals surface area contributed by atoms with Crippen molar-refractivity contribution in [1.82, 2.24) is 15.0 Å². The fraction of sp³-hybridized carbons (Fsp3) is 0.727. The van der Waals surface area contributed by atoms with E-state index in [0.717, 1.165) is 25.9 Å². The Kier molecular flexibility index (Phi) is 2.79. The summed E-state index contributed by atoms with van der Waals surface area (Å²) in [5.74, 6) is 0.813. The van der Waals surface area contributed by atoms with E-state index in [1.807, 2.05) is 0 Å². The molecule has 7 heteroatoms. The van der Waals surface area contributed by atoms with Crippen molar-refractivity contribution in [2.45, 2.75) is 25.5 Å². The van der Waals surface area contributed by atoms with Crippen molar-refractivity contribution in [2.75, 3.05) is 13.1 Å². The summed E-state index contributed by atoms with van der Waals surface area (Å²) in [4.78, 5) is 17.0. The molecule has 1 aliphatic carbocycles. The molecular formula is C11H16N4O3. The van der Waals surface area contributed by atoms with Gasteiger partial charge in [-0.15, -0.1) is 0 Å². The summed E-state index contributed by atoms with van der Waals surface area (Å²) in [6.45, 7) is 2.43. The Balaban J connectivity index is 1.59. The van der Waals surface area contributed by atoms with E-state index < -0.39 is 5.91 Å². The number of nitrogens with two attached hydrogens (primary N) is 1. The molecule has 3 N–H and O–H groups in total. The highest BCUT2D eigenvalue weighted by Gasteiger charge is 2.40. The van der Waals surface area contributed by atoms with Crippen LogP contribution in [0.15, 0.2) is 4.52 Å². The maximum absolute atomic E-state index is 10.8. The van der Waals surface area contributed by atoms with Crippen LogP contribution in [-0.4, -0.2) is 45.2 Å². The van der Waals surface area contributed by atoms with Gasteiger partial charge in [0.15, 0.2) is 0 Å². The summed E-state index contributed by atoms with van der Waals surface area (Å²) in [7, 11) is 0. The van der Waals surface area contributed by atoms with Crippen LogP contribution in [0.3, 0.4) is 0 Å². The summed E-state index contributed by atoms with van der Waals surface area (Å²) in [6.07, 6.45) is 1.64. The molecule has 3 rings (SSSR count). The van der Waals surface area contributed by atoms with Crippen LogP contribution in [0.2, 0.25) is 0 Å². The average molecular weight is 252 g/mol. The molecule has 1 amide bonds. The van der Waals surface area contributed by atoms with E-state index in [1.165, 1.54) is 0 Å². The third-order valence-electron chi connectivity index (χ3n) is 3.85. The molecule has 1 unspecified atom stereocenters. The van der Waals surface area contributed by atoms with Gasteiger partial charge in [0.25, 0.3) is 11.7 Å². The van der Waals surface area contributed by atoms with Crippen LogP contribution in [0.5, 0.6) is 0 Å². The molecule has 2 aliphatic rings. The van der Waals surface area contributed by atoms with Gasteiger partial charge in [-0.2, -0.15) is 4.98 Å². The van der Waals surface area contributed by atoms with Crippen LogP contribution in [-0.2, 0) is 6.54 Å². The lowest BCUT2D eigenvalue weighted by Gasteiger charge is -2.14. The fourth-order valence-corrected chi connectivity index (χ4v) is 3.10. The molecule has 7 nitrogen and oxygen atoms in total. The molecule has 2 heterocycles. The van der Waals surface area contributed by atoms with Gasteiger partial charge in [0.2, 0.25) is 5.89 Å². The molecule has 1 saturated carbocycles. The molecule has 2 fully saturated rings. The first-order valence-corrected chi connectivity index (χ1v) is 6.14. The zero-order valence-corrected chi connectivity index (χ0v) is 9.95. The van der Waals surface area contributed by atoms with Gasteiger partial charge in [-0.3, -0.25) is 9.69 Å². The highest BCUT2D eigenvalue weighted by Crippen LogP contribution is 2.38. The second-order valence-corrected chi connectivity index (χ2v) is 5.22. The summed E-state index contributed by atoms with van der Waals surface area (Å²) in [6, 6.07) is 0. The Bertz CT molecular complexity index is 447. The first kappa shape index (κ1) is 11.6. The first-order valence-electron chi connectivity index (χ1n) is 6.14. The number of amides is 1. The molecule has 1 aromatic heterocycles. The van der Waals surface area contributed by atoms with E-state index >= 15 is 0 Å². The SMILES string of the molecule is NC(=O)c1noc(CN2C[C@H]3CC(O)C[C@H]3C2)n1. The van der Waals surface area contributed by atoms with Gasteiger partial charge in [-0.1, -0.05) is 5.16 Å². The largest absolute Gasteiger partial charge is 0.393 e. The van der Waals surface area contributed by atoms with E-state index in [0.29, 0.717) is 24.3 Å². The number of likely N-dealkylation sites (tertiary alicyclic amines) is 1. The van der Waals surface area contributed by atoms with Crippen LogP contribution in [0.4, 0.5) is 0 Å². The molecule has 1 aliphatic heterocycles. The number of primary amides is 1. The van der Waals surface area contributed by atoms with E-state index in [-0.39, 0.29) is 11.9 Å². The summed E-state index contributed by atoms with van der Waals surface area (Å²) in [5, 5.41) is 13.1. The van der Waals surface area contributed by atoms with Crippen molar-refractivity contribution < 1.29 is 14.4 Å². The summed E-state index contributed by atoms with van der Waals surface area (Å²) < 4.78 is 4.98. The normalized spacial score (nSPS) is 31.7. The average Bonchev–Trinajstić information content (AvgIpc) is 2.93. The zero-order chi connectivity index (χ0) is 12.7. The van der Waals surface area contributed by atoms with Crippen molar-refractivity contribution in [2.24, 2.45) is 17.6 Å². The summed E-state index contributed by atoms with van der Waals surface area (Å²) >= 11 is 0. The van der Waals surface area contributed by atoms with Gasteiger partial charge in [0, 0.05) is 13.1 Å². The van der Waals surface area contributed by atoms with Gasteiger partial charge < -0.3 is 15.4 Å². The number of aliphatic hydroxyl groups excluding tert-OH is 1. The summed E-state index contributed by atoms with van der Waals surface area (Å²) in [5.41, 5.74) is 5.06. The standard InChI is InChI=1S/C11H16N4O3/c12-10(17)11-13-9(18-14-11)5-15-3-6-1-8(16)2-7(6)4-15/h6-8,16H,1-5H2,(H2,12,17)/t6-,7+,8?. The fourth-order valence-electron chi connectivity index (χ4n) is 3.10. The number of hydrogen-bond donors (Lipinski definition) is 2. The molecule has 1 aromatic rings. The Morgan fingerprint density at radius 2 is 2.11 bits per heavy atom. The predicted octanol–water partition coefficient (Wildman–Crippen LogP) is -0.629. The van der Waals surface area contributed by atoms with Crippen LogP contribution < -0.4 is 5.73 Å². The molecule has 0 spiro atoms. The van der Waals surface area contributed by atoms with Crippen molar-refractivity contribution in [3.63, 3.8) is 0 Å². The number of aliphatic hydroxyl groups is 1. The highest BCUT2D eigenvalue weighted by atomic mass is 16.5. The number of hydrogen-bond acceptors (Lipinski definition) is 6. The Labute approximate surface area is 104 Å². The smallest absolute Gasteiger partial charge is 0.290 e. The van der Waals surface area contributed by atoms with Crippen molar-refractivity contribution in [3.8, 4) is 0 Å². The quantitative estimate of drug-likeness (QED) is 0.742. The maximum atomic E-state index is 10.8. The molecule has 18 heavy (non-hydrogen) atoms. The van der Waals surface area contributed by atoms with E-state index in [4.69, 9.17) is 10.3 Å². The Morgan fingerprint density at radius 3 is 2.67 bits per heavy atom. The highest BCUT2D eigenvalue weighted by molar-refractivity contribution is 5.88. The lowest BCUT2D eigenvalue weighted by atomic mass is 10.0. The van der Waals surface area contributed by atoms with E-state index in [1.54, 1.807) is 0 Å². The third kappa shape index (κ3) is 2.11. The van der Waals surface area contributed by atoms with Gasteiger partial charge in [0.1, 0.15) is 0 Å². The minimum absolute atomic E-state index is 0.0696. The van der Waals surface area contributed by atoms with Gasteiger partial charge in [-0.25, -0.2) is 0 Å². The topological polar surface area (TPSA) is 105 Å². The van der Waals surface area contributed by atoms with Crippen molar-refractivity contribution in [3.05, 3.63) is 11.7 Å². The lowest BCUT2D eigenvalue weighted by molar-refractivity contribution is 0.0987. The van der Waals surface area contributed by atoms with E-state index in [9.17, 15) is 9.90 Å². The van der Waals surface area contributed by atoms with Gasteiger partial charge in [0.05, 0.1) is 12.6 Å². The van der Waals surface area contributed by atoms with Crippen molar-refractivity contribution >= 4 is 5.91 Å². The molecule has 3 atom stereocenters. The van der Waals surface area contributed by atoms with E-state index in [2.05, 4.69) is 15.0 Å². The minimum Gasteiger partial charge on any atom is -0.393 e. The molecule has 0 radical (unpaired) electrons. The molecule has 0 bridgehead atoms. The molecule has 0 aromatic carbocycles. The lowest BCUT2D eigenvalue weighted by Crippen LogP contribution is -2.23. The second-order valence-electron chi connectivity index (χ2n) is 5.22.